The maximum absolute atomic E-state index is 4.46. The number of hydrogen-bond acceptors (Lipinski definition) is 3. The van der Waals surface area contributed by atoms with Crippen molar-refractivity contribution in [2.75, 3.05) is 6.54 Å². The zero-order chi connectivity index (χ0) is 12.2. The van der Waals surface area contributed by atoms with Gasteiger partial charge in [0.05, 0.1) is 10.7 Å². The topological polar surface area (TPSA) is 24.9 Å². The molecule has 0 spiro atoms. The quantitative estimate of drug-likeness (QED) is 0.866. The fourth-order valence-electron chi connectivity index (χ4n) is 1.31. The summed E-state index contributed by atoms with van der Waals surface area (Å²) in [4.78, 5) is 4.46. The Bertz CT molecular complexity index is 358. The van der Waals surface area contributed by atoms with Gasteiger partial charge in [-0.3, -0.25) is 0 Å². The lowest BCUT2D eigenvalue weighted by atomic mass is 10.1. The van der Waals surface area contributed by atoms with Crippen LogP contribution in [0.25, 0.3) is 6.08 Å². The molecule has 0 radical (unpaired) electrons. The van der Waals surface area contributed by atoms with Crippen molar-refractivity contribution in [3.8, 4) is 0 Å². The van der Waals surface area contributed by atoms with E-state index in [9.17, 15) is 0 Å². The van der Waals surface area contributed by atoms with Gasteiger partial charge in [-0.2, -0.15) is 0 Å². The van der Waals surface area contributed by atoms with Gasteiger partial charge in [0.25, 0.3) is 0 Å². The number of aryl methyl sites for hydroxylation is 1. The first-order valence-corrected chi connectivity index (χ1v) is 6.65. The summed E-state index contributed by atoms with van der Waals surface area (Å²) in [5, 5.41) is 6.75. The molecule has 0 fully saturated rings. The summed E-state index contributed by atoms with van der Waals surface area (Å²) >= 11 is 1.70. The van der Waals surface area contributed by atoms with Gasteiger partial charge in [0.1, 0.15) is 0 Å². The summed E-state index contributed by atoms with van der Waals surface area (Å²) in [6, 6.07) is 0. The molecule has 2 nitrogen and oxygen atoms in total. The number of nitrogens with one attached hydrogen (secondary N) is 1. The molecule has 0 unspecified atom stereocenters. The van der Waals surface area contributed by atoms with Crippen LogP contribution in [0.2, 0.25) is 0 Å². The van der Waals surface area contributed by atoms with Crippen LogP contribution in [0.4, 0.5) is 0 Å². The Morgan fingerprint density at radius 3 is 2.62 bits per heavy atom. The smallest absolute Gasteiger partial charge is 0.0901 e. The molecule has 0 saturated carbocycles. The lowest BCUT2D eigenvalue weighted by molar-refractivity contribution is 0.443. The molecule has 0 amide bonds. The zero-order valence-corrected chi connectivity index (χ0v) is 11.7. The van der Waals surface area contributed by atoms with Crippen LogP contribution >= 0.6 is 11.3 Å². The number of thiazole rings is 1. The monoisotopic (exact) mass is 238 g/mol. The fraction of sp³-hybridized carbons (Fsp3) is 0.615. The number of hydrogen-bond donors (Lipinski definition) is 1. The third-order valence-electron chi connectivity index (χ3n) is 2.29. The fourth-order valence-corrected chi connectivity index (χ4v) is 1.88. The van der Waals surface area contributed by atoms with Gasteiger partial charge < -0.3 is 5.32 Å². The average molecular weight is 238 g/mol. The molecule has 0 aliphatic carbocycles. The van der Waals surface area contributed by atoms with E-state index in [1.54, 1.807) is 11.3 Å². The van der Waals surface area contributed by atoms with E-state index in [-0.39, 0.29) is 5.54 Å². The zero-order valence-electron chi connectivity index (χ0n) is 10.9. The molecule has 90 valence electrons. The highest BCUT2D eigenvalue weighted by Gasteiger charge is 2.09. The molecule has 0 aromatic carbocycles. The lowest BCUT2D eigenvalue weighted by Crippen LogP contribution is -2.36. The maximum atomic E-state index is 4.46. The van der Waals surface area contributed by atoms with Crippen molar-refractivity contribution in [3.05, 3.63) is 21.7 Å². The van der Waals surface area contributed by atoms with Crippen molar-refractivity contribution < 1.29 is 0 Å². The van der Waals surface area contributed by atoms with Crippen molar-refractivity contribution in [1.82, 2.24) is 10.3 Å². The molecule has 3 heteroatoms. The molecule has 0 aliphatic rings. The van der Waals surface area contributed by atoms with Crippen molar-refractivity contribution in [2.45, 2.75) is 46.6 Å². The Kier molecular flexibility index (Phi) is 4.69. The van der Waals surface area contributed by atoms with Crippen LogP contribution in [0.1, 0.15) is 44.8 Å². The second-order valence-corrected chi connectivity index (χ2v) is 6.11. The van der Waals surface area contributed by atoms with E-state index in [2.05, 4.69) is 49.5 Å². The van der Waals surface area contributed by atoms with Crippen molar-refractivity contribution in [2.24, 2.45) is 0 Å². The third-order valence-corrected chi connectivity index (χ3v) is 3.08. The molecule has 0 atom stereocenters. The highest BCUT2D eigenvalue weighted by atomic mass is 32.1. The summed E-state index contributed by atoms with van der Waals surface area (Å²) in [7, 11) is 0. The van der Waals surface area contributed by atoms with Crippen LogP contribution in [-0.4, -0.2) is 17.1 Å². The molecule has 1 N–H and O–H groups in total. The normalized spacial score (nSPS) is 13.2. The van der Waals surface area contributed by atoms with Crippen LogP contribution in [0.15, 0.2) is 11.0 Å². The SMILES string of the molecule is CCC(=Cc1csc(C)n1)CNC(C)(C)C. The van der Waals surface area contributed by atoms with Gasteiger partial charge in [-0.25, -0.2) is 4.98 Å². The van der Waals surface area contributed by atoms with Crippen LogP contribution in [0.5, 0.6) is 0 Å². The lowest BCUT2D eigenvalue weighted by Gasteiger charge is -2.21. The number of rotatable bonds is 4. The minimum atomic E-state index is 0.173. The van der Waals surface area contributed by atoms with Crippen molar-refractivity contribution >= 4 is 17.4 Å². The minimum absolute atomic E-state index is 0.173. The van der Waals surface area contributed by atoms with E-state index in [4.69, 9.17) is 0 Å². The molecule has 0 saturated heterocycles. The molecule has 0 bridgehead atoms. The van der Waals surface area contributed by atoms with E-state index < -0.39 is 0 Å². The Morgan fingerprint density at radius 1 is 1.50 bits per heavy atom. The minimum Gasteiger partial charge on any atom is -0.308 e. The molecule has 1 heterocycles. The van der Waals surface area contributed by atoms with E-state index in [1.807, 2.05) is 6.92 Å². The van der Waals surface area contributed by atoms with Gasteiger partial charge >= 0.3 is 0 Å². The Morgan fingerprint density at radius 2 is 2.19 bits per heavy atom. The van der Waals surface area contributed by atoms with E-state index in [0.717, 1.165) is 23.7 Å². The van der Waals surface area contributed by atoms with E-state index in [1.165, 1.54) is 5.57 Å². The highest BCUT2D eigenvalue weighted by molar-refractivity contribution is 7.09. The van der Waals surface area contributed by atoms with E-state index >= 15 is 0 Å². The molecule has 1 aromatic rings. The predicted octanol–water partition coefficient (Wildman–Crippen LogP) is 3.63. The van der Waals surface area contributed by atoms with Gasteiger partial charge in [-0.1, -0.05) is 12.5 Å². The second kappa shape index (κ2) is 5.60. The highest BCUT2D eigenvalue weighted by Crippen LogP contribution is 2.13. The van der Waals surface area contributed by atoms with Crippen LogP contribution in [-0.2, 0) is 0 Å². The van der Waals surface area contributed by atoms with Gasteiger partial charge in [0.15, 0.2) is 0 Å². The van der Waals surface area contributed by atoms with Gasteiger partial charge in [-0.05, 0) is 40.2 Å². The largest absolute Gasteiger partial charge is 0.308 e. The molecule has 16 heavy (non-hydrogen) atoms. The van der Waals surface area contributed by atoms with E-state index in [0.29, 0.717) is 0 Å². The van der Waals surface area contributed by atoms with Crippen LogP contribution in [0, 0.1) is 6.92 Å². The van der Waals surface area contributed by atoms with Gasteiger partial charge in [-0.15, -0.1) is 11.3 Å². The molecular formula is C13H22N2S. The van der Waals surface area contributed by atoms with Crippen molar-refractivity contribution in [1.29, 1.82) is 0 Å². The summed E-state index contributed by atoms with van der Waals surface area (Å²) in [5.41, 5.74) is 2.67. The number of aromatic nitrogens is 1. The Hall–Kier alpha value is -0.670. The third kappa shape index (κ3) is 4.90. The first-order chi connectivity index (χ1) is 7.40. The van der Waals surface area contributed by atoms with Gasteiger partial charge in [0.2, 0.25) is 0 Å². The first-order valence-electron chi connectivity index (χ1n) is 5.77. The molecule has 1 aromatic heterocycles. The summed E-state index contributed by atoms with van der Waals surface area (Å²) < 4.78 is 0. The molecule has 0 aliphatic heterocycles. The maximum Gasteiger partial charge on any atom is 0.0901 e. The average Bonchev–Trinajstić information content (AvgIpc) is 2.57. The number of nitrogens with zero attached hydrogens (tertiary/aromatic N) is 1. The summed E-state index contributed by atoms with van der Waals surface area (Å²) in [6.45, 7) is 11.7. The standard InChI is InChI=1S/C13H22N2S/c1-6-11(8-14-13(3,4)5)7-12-9-16-10(2)15-12/h7,9,14H,6,8H2,1-5H3. The van der Waals surface area contributed by atoms with Crippen molar-refractivity contribution in [3.63, 3.8) is 0 Å². The Labute approximate surface area is 103 Å². The predicted molar refractivity (Wildman–Crippen MR) is 72.9 cm³/mol. The molecule has 1 rings (SSSR count). The Balaban J connectivity index is 2.64. The second-order valence-electron chi connectivity index (χ2n) is 5.05. The van der Waals surface area contributed by atoms with Crippen LogP contribution < -0.4 is 5.32 Å². The summed E-state index contributed by atoms with van der Waals surface area (Å²) in [5.74, 6) is 0. The van der Waals surface area contributed by atoms with Crippen LogP contribution in [0.3, 0.4) is 0 Å². The van der Waals surface area contributed by atoms with Gasteiger partial charge in [0, 0.05) is 17.5 Å². The molecular weight excluding hydrogens is 216 g/mol. The first kappa shape index (κ1) is 13.4. The summed E-state index contributed by atoms with van der Waals surface area (Å²) in [6.07, 6.45) is 3.27.